The number of hydrogen-bond acceptors (Lipinski definition) is 3. The van der Waals surface area contributed by atoms with Crippen molar-refractivity contribution in [3.8, 4) is 0 Å². The highest BCUT2D eigenvalue weighted by Crippen LogP contribution is 2.45. The molecule has 0 aromatic heterocycles. The van der Waals surface area contributed by atoms with Crippen LogP contribution in [0.1, 0.15) is 6.92 Å². The van der Waals surface area contributed by atoms with Crippen LogP contribution in [0.15, 0.2) is 4.99 Å². The SMILES string of the molecule is CCOC1=NC(F)(F)C(F)(F)OC1(F)F. The zero-order chi connectivity index (χ0) is 11.9. The maximum Gasteiger partial charge on any atom is 0.447 e. The molecule has 9 heteroatoms. The summed E-state index contributed by atoms with van der Waals surface area (Å²) in [6, 6.07) is -5.07. The number of aliphatic imine (C=N–C) groups is 1. The van der Waals surface area contributed by atoms with Gasteiger partial charge in [0.25, 0.3) is 5.90 Å². The molecule has 0 aromatic carbocycles. The van der Waals surface area contributed by atoms with E-state index in [1.807, 2.05) is 4.99 Å². The van der Waals surface area contributed by atoms with Gasteiger partial charge in [0.15, 0.2) is 0 Å². The van der Waals surface area contributed by atoms with Crippen LogP contribution in [0.2, 0.25) is 0 Å². The lowest BCUT2D eigenvalue weighted by molar-refractivity contribution is -0.422. The molecule has 1 aliphatic heterocycles. The van der Waals surface area contributed by atoms with Gasteiger partial charge in [-0.05, 0) is 6.92 Å². The molecule has 1 aliphatic rings. The Labute approximate surface area is 79.7 Å². The van der Waals surface area contributed by atoms with Crippen molar-refractivity contribution in [3.63, 3.8) is 0 Å². The van der Waals surface area contributed by atoms with E-state index < -0.39 is 30.8 Å². The topological polar surface area (TPSA) is 30.8 Å². The Hall–Kier alpha value is -0.990. The molecule has 3 nitrogen and oxygen atoms in total. The van der Waals surface area contributed by atoms with Gasteiger partial charge in [-0.15, -0.1) is 0 Å². The van der Waals surface area contributed by atoms with Gasteiger partial charge in [-0.2, -0.15) is 31.3 Å². The summed E-state index contributed by atoms with van der Waals surface area (Å²) in [5.41, 5.74) is 0. The number of alkyl halides is 6. The lowest BCUT2D eigenvalue weighted by Gasteiger charge is -2.32. The second kappa shape index (κ2) is 3.26. The maximum atomic E-state index is 12.6. The highest BCUT2D eigenvalue weighted by Gasteiger charge is 2.69. The predicted molar refractivity (Wildman–Crippen MR) is 35.0 cm³/mol. The van der Waals surface area contributed by atoms with Crippen molar-refractivity contribution >= 4 is 5.90 Å². The van der Waals surface area contributed by atoms with Crippen LogP contribution in [-0.2, 0) is 9.47 Å². The summed E-state index contributed by atoms with van der Waals surface area (Å²) < 4.78 is 81.3. The van der Waals surface area contributed by atoms with Crippen molar-refractivity contribution in [3.05, 3.63) is 0 Å². The van der Waals surface area contributed by atoms with Gasteiger partial charge in [0.1, 0.15) is 0 Å². The lowest BCUT2D eigenvalue weighted by atomic mass is 10.4. The molecule has 0 unspecified atom stereocenters. The largest absolute Gasteiger partial charge is 0.475 e. The monoisotopic (exact) mass is 237 g/mol. The molecular formula is C6H5F6NO2. The van der Waals surface area contributed by atoms with E-state index in [2.05, 4.69) is 9.47 Å². The summed E-state index contributed by atoms with van der Waals surface area (Å²) in [6.45, 7) is 0.767. The van der Waals surface area contributed by atoms with Crippen molar-refractivity contribution in [1.29, 1.82) is 0 Å². The molecular weight excluding hydrogens is 232 g/mol. The summed E-state index contributed by atoms with van der Waals surface area (Å²) in [5, 5.41) is 0. The maximum absolute atomic E-state index is 12.6. The van der Waals surface area contributed by atoms with Gasteiger partial charge in [-0.3, -0.25) is 0 Å². The van der Waals surface area contributed by atoms with Gasteiger partial charge < -0.3 is 4.74 Å². The van der Waals surface area contributed by atoms with Crippen LogP contribution in [0.3, 0.4) is 0 Å². The van der Waals surface area contributed by atoms with Crippen molar-refractivity contribution < 1.29 is 35.8 Å². The second-order valence-corrected chi connectivity index (χ2v) is 2.53. The van der Waals surface area contributed by atoms with Crippen molar-refractivity contribution in [2.24, 2.45) is 4.99 Å². The van der Waals surface area contributed by atoms with Crippen LogP contribution >= 0.6 is 0 Å². The van der Waals surface area contributed by atoms with Gasteiger partial charge in [-0.1, -0.05) is 0 Å². The molecule has 0 spiro atoms. The molecule has 0 N–H and O–H groups in total. The molecule has 1 heterocycles. The summed E-state index contributed by atoms with van der Waals surface area (Å²) in [5.74, 6) is -1.86. The number of rotatable bonds is 1. The molecule has 0 amide bonds. The first kappa shape index (κ1) is 12.1. The van der Waals surface area contributed by atoms with E-state index in [4.69, 9.17) is 0 Å². The van der Waals surface area contributed by atoms with Crippen molar-refractivity contribution in [2.45, 2.75) is 25.2 Å². The second-order valence-electron chi connectivity index (χ2n) is 2.53. The quantitative estimate of drug-likeness (QED) is 0.517. The first-order valence-corrected chi connectivity index (χ1v) is 3.69. The number of nitrogens with zero attached hydrogens (tertiary/aromatic N) is 1. The molecule has 0 aromatic rings. The Morgan fingerprint density at radius 1 is 1.20 bits per heavy atom. The number of hydrogen-bond donors (Lipinski definition) is 0. The normalized spacial score (nSPS) is 27.0. The first-order valence-electron chi connectivity index (χ1n) is 3.69. The Bertz CT molecular complexity index is 289. The molecule has 88 valence electrons. The third-order valence-electron chi connectivity index (χ3n) is 1.38. The fraction of sp³-hybridized carbons (Fsp3) is 0.833. The van der Waals surface area contributed by atoms with Gasteiger partial charge >= 0.3 is 18.3 Å². The Morgan fingerprint density at radius 3 is 2.20 bits per heavy atom. The molecule has 0 radical (unpaired) electrons. The molecule has 0 saturated heterocycles. The highest BCUT2D eigenvalue weighted by atomic mass is 19.3. The van der Waals surface area contributed by atoms with E-state index >= 15 is 0 Å². The summed E-state index contributed by atoms with van der Waals surface area (Å²) >= 11 is 0. The molecule has 0 atom stereocenters. The van der Waals surface area contributed by atoms with E-state index in [9.17, 15) is 26.3 Å². The standard InChI is InChI=1S/C6H5F6NO2/c1-2-14-3-4(7,8)15-6(11,12)5(9,10)13-3/h2H2,1H3. The zero-order valence-corrected chi connectivity index (χ0v) is 7.24. The summed E-state index contributed by atoms with van der Waals surface area (Å²) in [4.78, 5) is 1.85. The van der Waals surface area contributed by atoms with Gasteiger partial charge in [-0.25, -0.2) is 4.74 Å². The fourth-order valence-corrected chi connectivity index (χ4v) is 0.777. The number of ether oxygens (including phenoxy) is 2. The van der Waals surface area contributed by atoms with Crippen LogP contribution < -0.4 is 0 Å². The predicted octanol–water partition coefficient (Wildman–Crippen LogP) is 2.23. The average molecular weight is 237 g/mol. The Kier molecular flexibility index (Phi) is 2.62. The van der Waals surface area contributed by atoms with E-state index in [0.29, 0.717) is 0 Å². The van der Waals surface area contributed by atoms with E-state index in [1.54, 1.807) is 0 Å². The summed E-state index contributed by atoms with van der Waals surface area (Å²) in [6.07, 6.45) is -10.0. The van der Waals surface area contributed by atoms with Crippen molar-refractivity contribution in [1.82, 2.24) is 0 Å². The molecule has 0 fully saturated rings. The van der Waals surface area contributed by atoms with E-state index in [1.165, 1.54) is 6.92 Å². The van der Waals surface area contributed by atoms with Crippen LogP contribution in [0.4, 0.5) is 26.3 Å². The van der Waals surface area contributed by atoms with E-state index in [0.717, 1.165) is 0 Å². The van der Waals surface area contributed by atoms with Gasteiger partial charge in [0, 0.05) is 0 Å². The van der Waals surface area contributed by atoms with Crippen LogP contribution in [-0.4, -0.2) is 30.8 Å². The first-order chi connectivity index (χ1) is 6.62. The minimum Gasteiger partial charge on any atom is -0.475 e. The third-order valence-corrected chi connectivity index (χ3v) is 1.38. The Balaban J connectivity index is 3.11. The van der Waals surface area contributed by atoms with E-state index in [-0.39, 0.29) is 0 Å². The molecule has 0 bridgehead atoms. The smallest absolute Gasteiger partial charge is 0.447 e. The van der Waals surface area contributed by atoms with Crippen molar-refractivity contribution in [2.75, 3.05) is 6.61 Å². The van der Waals surface area contributed by atoms with Gasteiger partial charge in [0.2, 0.25) is 0 Å². The zero-order valence-electron chi connectivity index (χ0n) is 7.24. The molecule has 0 aliphatic carbocycles. The highest BCUT2D eigenvalue weighted by molar-refractivity contribution is 5.83. The van der Waals surface area contributed by atoms with Crippen LogP contribution in [0, 0.1) is 0 Å². The molecule has 1 rings (SSSR count). The lowest BCUT2D eigenvalue weighted by Crippen LogP contribution is -2.54. The van der Waals surface area contributed by atoms with Gasteiger partial charge in [0.05, 0.1) is 6.61 Å². The summed E-state index contributed by atoms with van der Waals surface area (Å²) in [7, 11) is 0. The number of halogens is 6. The minimum absolute atomic E-state index is 0.431. The molecule has 0 saturated carbocycles. The minimum atomic E-state index is -5.36. The fourth-order valence-electron chi connectivity index (χ4n) is 0.777. The Morgan fingerprint density at radius 2 is 1.73 bits per heavy atom. The van der Waals surface area contributed by atoms with Crippen LogP contribution in [0.25, 0.3) is 0 Å². The third kappa shape index (κ3) is 2.01. The van der Waals surface area contributed by atoms with Crippen LogP contribution in [0.5, 0.6) is 0 Å². The molecule has 15 heavy (non-hydrogen) atoms. The average Bonchev–Trinajstić information content (AvgIpc) is 1.98.